The van der Waals surface area contributed by atoms with E-state index in [1.165, 1.54) is 0 Å². The van der Waals surface area contributed by atoms with Gasteiger partial charge in [0, 0.05) is 6.54 Å². The highest BCUT2D eigenvalue weighted by molar-refractivity contribution is 7.13. The van der Waals surface area contributed by atoms with Crippen LogP contribution in [0.25, 0.3) is 0 Å². The largest absolute Gasteiger partial charge is 0.480 e. The van der Waals surface area contributed by atoms with E-state index in [4.69, 9.17) is 5.11 Å². The number of carboxylic acid groups (broad SMARTS) is 1. The minimum Gasteiger partial charge on any atom is -0.480 e. The van der Waals surface area contributed by atoms with Crippen LogP contribution >= 0.6 is 9.39 Å². The van der Waals surface area contributed by atoms with E-state index in [0.29, 0.717) is 0 Å². The van der Waals surface area contributed by atoms with E-state index in [9.17, 15) is 4.79 Å². The van der Waals surface area contributed by atoms with Crippen molar-refractivity contribution < 1.29 is 9.90 Å². The number of carboxylic acids is 1. The lowest BCUT2D eigenvalue weighted by molar-refractivity contribution is -0.141. The Morgan fingerprint density at radius 2 is 2.18 bits per heavy atom. The Kier molecular flexibility index (Phi) is 3.28. The molecule has 0 aromatic rings. The van der Waals surface area contributed by atoms with E-state index in [1.54, 1.807) is 0 Å². The molecule has 0 bridgehead atoms. The summed E-state index contributed by atoms with van der Waals surface area (Å²) in [6, 6.07) is -0.275. The maximum atomic E-state index is 10.7. The molecule has 0 spiro atoms. The molecule has 1 aliphatic rings. The van der Waals surface area contributed by atoms with E-state index >= 15 is 0 Å². The SMILES string of the molecule is O=C(O)[C@@H]1CCCCCN1P. The van der Waals surface area contributed by atoms with Crippen LogP contribution in [0.2, 0.25) is 0 Å². The van der Waals surface area contributed by atoms with Crippen LogP contribution in [-0.4, -0.2) is 28.3 Å². The first kappa shape index (κ1) is 8.95. The Labute approximate surface area is 69.0 Å². The summed E-state index contributed by atoms with van der Waals surface area (Å²) in [7, 11) is 2.50. The van der Waals surface area contributed by atoms with Crippen LogP contribution in [0.3, 0.4) is 0 Å². The van der Waals surface area contributed by atoms with E-state index < -0.39 is 5.97 Å². The summed E-state index contributed by atoms with van der Waals surface area (Å²) < 4.78 is 1.86. The second-order valence-electron chi connectivity index (χ2n) is 2.94. The first-order valence-corrected chi connectivity index (χ1v) is 4.47. The lowest BCUT2D eigenvalue weighted by Gasteiger charge is -2.20. The summed E-state index contributed by atoms with van der Waals surface area (Å²) in [5.74, 6) is -0.693. The van der Waals surface area contributed by atoms with Crippen molar-refractivity contribution >= 4 is 15.4 Å². The molecule has 1 fully saturated rings. The van der Waals surface area contributed by atoms with Crippen molar-refractivity contribution in [2.45, 2.75) is 31.7 Å². The van der Waals surface area contributed by atoms with Gasteiger partial charge in [0.15, 0.2) is 0 Å². The standard InChI is InChI=1S/C7H14NO2P/c9-7(10)6-4-2-1-3-5-8(6)11/h6H,1-5,11H2,(H,9,10)/t6-/m0/s1. The first-order chi connectivity index (χ1) is 5.22. The molecule has 0 aliphatic carbocycles. The van der Waals surface area contributed by atoms with Crippen LogP contribution in [0.5, 0.6) is 0 Å². The molecule has 0 radical (unpaired) electrons. The predicted octanol–water partition coefficient (Wildman–Crippen LogP) is 1.11. The van der Waals surface area contributed by atoms with E-state index in [2.05, 4.69) is 9.39 Å². The molecular weight excluding hydrogens is 161 g/mol. The summed E-state index contributed by atoms with van der Waals surface area (Å²) >= 11 is 0. The molecule has 0 aromatic heterocycles. The quantitative estimate of drug-likeness (QED) is 0.607. The number of carbonyl (C=O) groups is 1. The molecule has 1 aliphatic heterocycles. The van der Waals surface area contributed by atoms with Gasteiger partial charge in [0.25, 0.3) is 0 Å². The van der Waals surface area contributed by atoms with Crippen molar-refractivity contribution in [3.05, 3.63) is 0 Å². The Morgan fingerprint density at radius 3 is 2.82 bits per heavy atom. The van der Waals surface area contributed by atoms with Crippen molar-refractivity contribution in [2.24, 2.45) is 0 Å². The number of nitrogens with zero attached hydrogens (tertiary/aromatic N) is 1. The van der Waals surface area contributed by atoms with E-state index in [1.807, 2.05) is 4.67 Å². The molecule has 1 heterocycles. The summed E-state index contributed by atoms with van der Waals surface area (Å²) in [5.41, 5.74) is 0. The molecule has 4 heteroatoms. The molecule has 1 rings (SSSR count). The third-order valence-corrected chi connectivity index (χ3v) is 2.70. The Morgan fingerprint density at radius 1 is 1.45 bits per heavy atom. The van der Waals surface area contributed by atoms with Crippen molar-refractivity contribution in [3.8, 4) is 0 Å². The molecular formula is C7H14NO2P. The van der Waals surface area contributed by atoms with Crippen molar-refractivity contribution in [1.82, 2.24) is 4.67 Å². The molecule has 0 saturated carbocycles. The molecule has 0 amide bonds. The van der Waals surface area contributed by atoms with Crippen LogP contribution in [0.15, 0.2) is 0 Å². The fraction of sp³-hybridized carbons (Fsp3) is 0.857. The van der Waals surface area contributed by atoms with Crippen molar-refractivity contribution in [1.29, 1.82) is 0 Å². The van der Waals surface area contributed by atoms with Crippen molar-refractivity contribution in [3.63, 3.8) is 0 Å². The van der Waals surface area contributed by atoms with Gasteiger partial charge in [0.1, 0.15) is 6.04 Å². The average molecular weight is 175 g/mol. The zero-order valence-electron chi connectivity index (χ0n) is 6.49. The Balaban J connectivity index is 2.52. The van der Waals surface area contributed by atoms with Gasteiger partial charge in [-0.1, -0.05) is 22.2 Å². The third-order valence-electron chi connectivity index (χ3n) is 2.08. The van der Waals surface area contributed by atoms with Gasteiger partial charge >= 0.3 is 5.97 Å². The minimum atomic E-state index is -0.693. The monoisotopic (exact) mass is 175 g/mol. The predicted molar refractivity (Wildman–Crippen MR) is 46.3 cm³/mol. The normalized spacial score (nSPS) is 27.9. The van der Waals surface area contributed by atoms with Crippen LogP contribution in [0, 0.1) is 0 Å². The van der Waals surface area contributed by atoms with E-state index in [-0.39, 0.29) is 6.04 Å². The Hall–Kier alpha value is -0.140. The van der Waals surface area contributed by atoms with Gasteiger partial charge in [-0.2, -0.15) is 0 Å². The molecule has 1 saturated heterocycles. The van der Waals surface area contributed by atoms with E-state index in [0.717, 1.165) is 32.2 Å². The van der Waals surface area contributed by atoms with Gasteiger partial charge in [-0.05, 0) is 12.8 Å². The zero-order chi connectivity index (χ0) is 8.27. The van der Waals surface area contributed by atoms with Gasteiger partial charge in [-0.3, -0.25) is 9.46 Å². The van der Waals surface area contributed by atoms with Gasteiger partial charge in [-0.25, -0.2) is 0 Å². The molecule has 3 nitrogen and oxygen atoms in total. The average Bonchev–Trinajstić information content (AvgIpc) is 2.13. The summed E-state index contributed by atoms with van der Waals surface area (Å²) in [5, 5.41) is 8.78. The van der Waals surface area contributed by atoms with Crippen molar-refractivity contribution in [2.75, 3.05) is 6.54 Å². The lowest BCUT2D eigenvalue weighted by Crippen LogP contribution is -2.33. The molecule has 64 valence electrons. The van der Waals surface area contributed by atoms with Gasteiger partial charge in [0.05, 0.1) is 0 Å². The molecule has 1 N–H and O–H groups in total. The molecule has 0 aromatic carbocycles. The van der Waals surface area contributed by atoms with Crippen LogP contribution < -0.4 is 0 Å². The third kappa shape index (κ3) is 2.42. The second-order valence-corrected chi connectivity index (χ2v) is 3.60. The maximum Gasteiger partial charge on any atom is 0.321 e. The fourth-order valence-electron chi connectivity index (χ4n) is 1.40. The maximum absolute atomic E-state index is 10.7. The van der Waals surface area contributed by atoms with Crippen LogP contribution in [0.1, 0.15) is 25.7 Å². The Bertz CT molecular complexity index is 151. The highest BCUT2D eigenvalue weighted by atomic mass is 31.0. The smallest absolute Gasteiger partial charge is 0.321 e. The van der Waals surface area contributed by atoms with Crippen LogP contribution in [-0.2, 0) is 4.79 Å². The highest BCUT2D eigenvalue weighted by Crippen LogP contribution is 2.19. The van der Waals surface area contributed by atoms with Gasteiger partial charge in [-0.15, -0.1) is 0 Å². The number of hydrogen-bond donors (Lipinski definition) is 1. The van der Waals surface area contributed by atoms with Gasteiger partial charge in [0.2, 0.25) is 0 Å². The van der Waals surface area contributed by atoms with Crippen LogP contribution in [0.4, 0.5) is 0 Å². The number of hydrogen-bond acceptors (Lipinski definition) is 2. The lowest BCUT2D eigenvalue weighted by atomic mass is 10.1. The summed E-state index contributed by atoms with van der Waals surface area (Å²) in [6.07, 6.45) is 4.11. The second kappa shape index (κ2) is 4.03. The topological polar surface area (TPSA) is 40.5 Å². The number of rotatable bonds is 1. The summed E-state index contributed by atoms with van der Waals surface area (Å²) in [4.78, 5) is 10.7. The van der Waals surface area contributed by atoms with Gasteiger partial charge < -0.3 is 5.11 Å². The molecule has 11 heavy (non-hydrogen) atoms. The first-order valence-electron chi connectivity index (χ1n) is 3.96. The zero-order valence-corrected chi connectivity index (χ0v) is 7.65. The minimum absolute atomic E-state index is 0.275. The number of aliphatic carboxylic acids is 1. The fourth-order valence-corrected chi connectivity index (χ4v) is 1.86. The molecule has 1 unspecified atom stereocenters. The molecule has 2 atom stereocenters. The highest BCUT2D eigenvalue weighted by Gasteiger charge is 2.23. The summed E-state index contributed by atoms with van der Waals surface area (Å²) in [6.45, 7) is 0.891.